The maximum atomic E-state index is 14.0. The molecule has 3 heterocycles. The summed E-state index contributed by atoms with van der Waals surface area (Å²) in [7, 11) is 0. The highest BCUT2D eigenvalue weighted by Gasteiger charge is 2.53. The van der Waals surface area contributed by atoms with Crippen LogP contribution in [0.2, 0.25) is 0 Å². The van der Waals surface area contributed by atoms with Gasteiger partial charge in [-0.3, -0.25) is 4.79 Å². The van der Waals surface area contributed by atoms with Gasteiger partial charge in [-0.15, -0.1) is 12.4 Å². The van der Waals surface area contributed by atoms with E-state index in [2.05, 4.69) is 49.9 Å². The largest absolute Gasteiger partial charge is 0.339 e. The fourth-order valence-electron chi connectivity index (χ4n) is 7.05. The lowest BCUT2D eigenvalue weighted by molar-refractivity contribution is -0.134. The van der Waals surface area contributed by atoms with Crippen LogP contribution >= 0.6 is 12.4 Å². The first-order valence-electron chi connectivity index (χ1n) is 14.3. The van der Waals surface area contributed by atoms with Gasteiger partial charge in [-0.2, -0.15) is 0 Å². The number of para-hydroxylation sites is 1. The molecule has 6 heteroatoms. The van der Waals surface area contributed by atoms with Crippen LogP contribution in [-0.4, -0.2) is 78.1 Å². The smallest absolute Gasteiger partial charge is 0.250 e. The van der Waals surface area contributed by atoms with Crippen molar-refractivity contribution in [2.45, 2.75) is 95.1 Å². The van der Waals surface area contributed by atoms with Crippen LogP contribution in [0.3, 0.4) is 0 Å². The average molecular weight is 503 g/mol. The maximum absolute atomic E-state index is 14.0. The Bertz CT molecular complexity index is 766. The lowest BCUT2D eigenvalue weighted by Crippen LogP contribution is -2.58. The van der Waals surface area contributed by atoms with Crippen molar-refractivity contribution in [2.75, 3.05) is 50.8 Å². The Morgan fingerprint density at radius 1 is 0.743 bits per heavy atom. The van der Waals surface area contributed by atoms with Gasteiger partial charge in [0.2, 0.25) is 5.91 Å². The van der Waals surface area contributed by atoms with E-state index in [0.717, 1.165) is 51.7 Å². The number of carbonyl (C=O) groups excluding carboxylic acids is 1. The number of rotatable bonds is 5. The van der Waals surface area contributed by atoms with E-state index in [4.69, 9.17) is 0 Å². The van der Waals surface area contributed by atoms with E-state index in [9.17, 15) is 4.79 Å². The molecular formula is C29H47ClN4O. The van der Waals surface area contributed by atoms with Gasteiger partial charge in [0.15, 0.2) is 0 Å². The lowest BCUT2D eigenvalue weighted by atomic mass is 9.84. The Kier molecular flexibility index (Phi) is 9.77. The molecule has 0 N–H and O–H groups in total. The third kappa shape index (κ3) is 6.17. The van der Waals surface area contributed by atoms with E-state index in [1.807, 2.05) is 0 Å². The number of anilines is 1. The molecule has 35 heavy (non-hydrogen) atoms. The van der Waals surface area contributed by atoms with Crippen molar-refractivity contribution in [3.63, 3.8) is 0 Å². The van der Waals surface area contributed by atoms with Gasteiger partial charge in [-0.05, 0) is 63.7 Å². The van der Waals surface area contributed by atoms with Crippen molar-refractivity contribution in [2.24, 2.45) is 0 Å². The van der Waals surface area contributed by atoms with E-state index in [1.54, 1.807) is 0 Å². The Balaban J connectivity index is 0.00000289. The molecule has 0 radical (unpaired) electrons. The number of hydrogen-bond donors (Lipinski definition) is 0. The summed E-state index contributed by atoms with van der Waals surface area (Å²) in [6.45, 7) is 7.19. The highest BCUT2D eigenvalue weighted by molar-refractivity contribution is 5.93. The number of benzene rings is 1. The quantitative estimate of drug-likeness (QED) is 0.529. The van der Waals surface area contributed by atoms with Gasteiger partial charge in [0.1, 0.15) is 5.54 Å². The molecule has 1 aromatic rings. The molecule has 0 unspecified atom stereocenters. The lowest BCUT2D eigenvalue weighted by Gasteiger charge is -2.45. The predicted molar refractivity (Wildman–Crippen MR) is 147 cm³/mol. The summed E-state index contributed by atoms with van der Waals surface area (Å²) >= 11 is 0. The van der Waals surface area contributed by atoms with Crippen LogP contribution in [0.1, 0.15) is 83.5 Å². The van der Waals surface area contributed by atoms with Gasteiger partial charge in [-0.25, -0.2) is 0 Å². The van der Waals surface area contributed by atoms with Crippen molar-refractivity contribution in [1.29, 1.82) is 0 Å². The number of carbonyl (C=O) groups is 1. The summed E-state index contributed by atoms with van der Waals surface area (Å²) in [5.41, 5.74) is 0.866. The highest BCUT2D eigenvalue weighted by Crippen LogP contribution is 2.40. The topological polar surface area (TPSA) is 30.0 Å². The van der Waals surface area contributed by atoms with Crippen molar-refractivity contribution in [3.8, 4) is 0 Å². The van der Waals surface area contributed by atoms with E-state index in [1.165, 1.54) is 89.4 Å². The summed E-state index contributed by atoms with van der Waals surface area (Å²) < 4.78 is 0. The zero-order chi connectivity index (χ0) is 23.2. The SMILES string of the molecule is Cl.O=C1N(CCN2CCCC2)CN(c2ccccc2)C12CCN(C1CCCCCCCCC1)CC2. The molecule has 3 saturated heterocycles. The predicted octanol–water partition coefficient (Wildman–Crippen LogP) is 5.54. The van der Waals surface area contributed by atoms with E-state index < -0.39 is 0 Å². The third-order valence-corrected chi connectivity index (χ3v) is 9.18. The van der Waals surface area contributed by atoms with Crippen LogP contribution in [0.15, 0.2) is 30.3 Å². The molecule has 1 saturated carbocycles. The number of hydrogen-bond acceptors (Lipinski definition) is 4. The van der Waals surface area contributed by atoms with Crippen molar-refractivity contribution in [3.05, 3.63) is 30.3 Å². The Labute approximate surface area is 219 Å². The molecule has 1 spiro atoms. The summed E-state index contributed by atoms with van der Waals surface area (Å²) in [6.07, 6.45) is 17.1. The van der Waals surface area contributed by atoms with Gasteiger partial charge < -0.3 is 19.6 Å². The highest BCUT2D eigenvalue weighted by atomic mass is 35.5. The zero-order valence-electron chi connectivity index (χ0n) is 21.7. The number of nitrogens with zero attached hydrogens (tertiary/aromatic N) is 4. The molecule has 0 bridgehead atoms. The number of likely N-dealkylation sites (tertiary alicyclic amines) is 2. The molecular weight excluding hydrogens is 456 g/mol. The van der Waals surface area contributed by atoms with Crippen LogP contribution in [0.4, 0.5) is 5.69 Å². The standard InChI is InChI=1S/C29H46N4O.ClH/c34-28-29(17-21-31(22-18-29)26-13-7-4-2-1-3-5-8-14-26)33(27-15-9-6-10-16-27)25-32(28)24-23-30-19-11-12-20-30;/h6,9-10,15-16,26H,1-5,7-8,11-14,17-25H2;1H. The second-order valence-electron chi connectivity index (χ2n) is 11.3. The van der Waals surface area contributed by atoms with Crippen LogP contribution in [0.25, 0.3) is 0 Å². The molecule has 4 fully saturated rings. The van der Waals surface area contributed by atoms with Gasteiger partial charge in [0.25, 0.3) is 0 Å². The first-order chi connectivity index (χ1) is 16.8. The Morgan fingerprint density at radius 2 is 1.34 bits per heavy atom. The number of piperidine rings is 1. The number of halogens is 1. The van der Waals surface area contributed by atoms with Crippen molar-refractivity contribution in [1.82, 2.24) is 14.7 Å². The molecule has 0 atom stereocenters. The monoisotopic (exact) mass is 502 g/mol. The summed E-state index contributed by atoms with van der Waals surface area (Å²) in [4.78, 5) is 23.9. The van der Waals surface area contributed by atoms with E-state index in [0.29, 0.717) is 5.91 Å². The minimum atomic E-state index is -0.348. The second kappa shape index (κ2) is 12.8. The van der Waals surface area contributed by atoms with Crippen LogP contribution in [-0.2, 0) is 4.79 Å². The summed E-state index contributed by atoms with van der Waals surface area (Å²) in [6, 6.07) is 11.5. The van der Waals surface area contributed by atoms with Crippen molar-refractivity contribution < 1.29 is 4.79 Å². The molecule has 1 aromatic carbocycles. The fourth-order valence-corrected chi connectivity index (χ4v) is 7.05. The molecule has 5 nitrogen and oxygen atoms in total. The van der Waals surface area contributed by atoms with Gasteiger partial charge in [0, 0.05) is 37.9 Å². The Morgan fingerprint density at radius 3 is 1.97 bits per heavy atom. The van der Waals surface area contributed by atoms with Crippen molar-refractivity contribution >= 4 is 24.0 Å². The van der Waals surface area contributed by atoms with Crippen LogP contribution in [0.5, 0.6) is 0 Å². The molecule has 1 aliphatic carbocycles. The average Bonchev–Trinajstić information content (AvgIpc) is 3.50. The summed E-state index contributed by atoms with van der Waals surface area (Å²) in [5, 5.41) is 0. The van der Waals surface area contributed by atoms with Gasteiger partial charge >= 0.3 is 0 Å². The van der Waals surface area contributed by atoms with E-state index in [-0.39, 0.29) is 17.9 Å². The Hall–Kier alpha value is -1.30. The van der Waals surface area contributed by atoms with Crippen LogP contribution in [0, 0.1) is 0 Å². The minimum Gasteiger partial charge on any atom is -0.339 e. The molecule has 4 aliphatic rings. The summed E-state index contributed by atoms with van der Waals surface area (Å²) in [5.74, 6) is 0.390. The maximum Gasteiger partial charge on any atom is 0.250 e. The van der Waals surface area contributed by atoms with E-state index >= 15 is 0 Å². The molecule has 1 amide bonds. The fraction of sp³-hybridized carbons (Fsp3) is 0.759. The first-order valence-corrected chi connectivity index (χ1v) is 14.3. The molecule has 196 valence electrons. The normalized spacial score (nSPS) is 25.2. The molecule has 5 rings (SSSR count). The zero-order valence-corrected chi connectivity index (χ0v) is 22.5. The second-order valence-corrected chi connectivity index (χ2v) is 11.3. The number of amides is 1. The molecule has 3 aliphatic heterocycles. The van der Waals surface area contributed by atoms with Gasteiger partial charge in [0.05, 0.1) is 6.67 Å². The van der Waals surface area contributed by atoms with Gasteiger partial charge in [-0.1, -0.05) is 63.1 Å². The minimum absolute atomic E-state index is 0. The third-order valence-electron chi connectivity index (χ3n) is 9.18. The first kappa shape index (κ1) is 26.8. The van der Waals surface area contributed by atoms with Crippen LogP contribution < -0.4 is 4.90 Å². The molecule has 0 aromatic heterocycles.